The SMILES string of the molecule is CN1CCNC1=C1CCNCC1.Cl.Cl. The van der Waals surface area contributed by atoms with Crippen LogP contribution in [0, 0.1) is 0 Å². The minimum Gasteiger partial charge on any atom is -0.370 e. The Bertz CT molecular complexity index is 198. The summed E-state index contributed by atoms with van der Waals surface area (Å²) in [5, 5.41) is 6.83. The number of hydrogen-bond acceptors (Lipinski definition) is 3. The van der Waals surface area contributed by atoms with E-state index in [2.05, 4.69) is 22.6 Å². The third-order valence-corrected chi connectivity index (χ3v) is 2.66. The number of rotatable bonds is 0. The number of nitrogens with one attached hydrogen (secondary N) is 2. The Labute approximate surface area is 98.1 Å². The molecular weight excluding hydrogens is 221 g/mol. The van der Waals surface area contributed by atoms with Crippen molar-refractivity contribution in [2.45, 2.75) is 12.8 Å². The van der Waals surface area contributed by atoms with Crippen LogP contribution in [-0.4, -0.2) is 38.1 Å². The van der Waals surface area contributed by atoms with Gasteiger partial charge in [0.25, 0.3) is 0 Å². The van der Waals surface area contributed by atoms with Gasteiger partial charge in [-0.15, -0.1) is 24.8 Å². The number of piperidine rings is 1. The minimum absolute atomic E-state index is 0. The van der Waals surface area contributed by atoms with Gasteiger partial charge in [-0.05, 0) is 31.5 Å². The van der Waals surface area contributed by atoms with Crippen molar-refractivity contribution < 1.29 is 0 Å². The van der Waals surface area contributed by atoms with Crippen molar-refractivity contribution in [1.29, 1.82) is 0 Å². The molecular formula is C9H19Cl2N3. The van der Waals surface area contributed by atoms with Gasteiger partial charge < -0.3 is 15.5 Å². The molecule has 14 heavy (non-hydrogen) atoms. The summed E-state index contributed by atoms with van der Waals surface area (Å²) in [6.07, 6.45) is 2.43. The summed E-state index contributed by atoms with van der Waals surface area (Å²) in [5.41, 5.74) is 1.61. The molecule has 2 aliphatic rings. The summed E-state index contributed by atoms with van der Waals surface area (Å²) in [4.78, 5) is 2.33. The molecule has 0 aromatic carbocycles. The lowest BCUT2D eigenvalue weighted by atomic mass is 10.1. The third-order valence-electron chi connectivity index (χ3n) is 2.66. The van der Waals surface area contributed by atoms with E-state index in [1.165, 1.54) is 18.7 Å². The topological polar surface area (TPSA) is 27.3 Å². The summed E-state index contributed by atoms with van der Waals surface area (Å²) in [5.74, 6) is 1.40. The highest BCUT2D eigenvalue weighted by Gasteiger charge is 2.17. The van der Waals surface area contributed by atoms with E-state index in [1.54, 1.807) is 5.57 Å². The van der Waals surface area contributed by atoms with Crippen LogP contribution in [0.5, 0.6) is 0 Å². The van der Waals surface area contributed by atoms with Crippen LogP contribution >= 0.6 is 24.8 Å². The predicted octanol–water partition coefficient (Wildman–Crippen LogP) is 0.960. The minimum atomic E-state index is 0. The van der Waals surface area contributed by atoms with E-state index in [9.17, 15) is 0 Å². The van der Waals surface area contributed by atoms with Gasteiger partial charge in [-0.3, -0.25) is 0 Å². The molecule has 2 heterocycles. The van der Waals surface area contributed by atoms with Gasteiger partial charge in [0.15, 0.2) is 0 Å². The molecule has 0 aromatic rings. The third kappa shape index (κ3) is 2.94. The molecule has 3 nitrogen and oxygen atoms in total. The maximum absolute atomic E-state index is 3.45. The smallest absolute Gasteiger partial charge is 0.100 e. The normalized spacial score (nSPS) is 21.1. The van der Waals surface area contributed by atoms with Gasteiger partial charge in [-0.25, -0.2) is 0 Å². The largest absolute Gasteiger partial charge is 0.370 e. The van der Waals surface area contributed by atoms with Gasteiger partial charge in [0, 0.05) is 20.1 Å². The van der Waals surface area contributed by atoms with Crippen molar-refractivity contribution in [1.82, 2.24) is 15.5 Å². The highest BCUT2D eigenvalue weighted by Crippen LogP contribution is 2.18. The molecule has 0 atom stereocenters. The fraction of sp³-hybridized carbons (Fsp3) is 0.778. The van der Waals surface area contributed by atoms with E-state index in [0.717, 1.165) is 26.2 Å². The standard InChI is InChI=1S/C9H17N3.2ClH/c1-12-7-6-11-9(12)8-2-4-10-5-3-8;;/h10-11H,2-7H2,1H3;2*1H. The first-order valence-corrected chi connectivity index (χ1v) is 4.75. The highest BCUT2D eigenvalue weighted by atomic mass is 35.5. The monoisotopic (exact) mass is 239 g/mol. The molecule has 2 fully saturated rings. The number of halogens is 2. The number of likely N-dealkylation sites (N-methyl/N-ethyl adjacent to an activating group) is 1. The molecule has 0 bridgehead atoms. The molecule has 5 heteroatoms. The summed E-state index contributed by atoms with van der Waals surface area (Å²) >= 11 is 0. The number of nitrogens with zero attached hydrogens (tertiary/aromatic N) is 1. The van der Waals surface area contributed by atoms with Gasteiger partial charge >= 0.3 is 0 Å². The van der Waals surface area contributed by atoms with Gasteiger partial charge in [-0.2, -0.15) is 0 Å². The van der Waals surface area contributed by atoms with E-state index in [-0.39, 0.29) is 24.8 Å². The quantitative estimate of drug-likeness (QED) is 0.660. The Kier molecular flexibility index (Phi) is 6.33. The summed E-state index contributed by atoms with van der Waals surface area (Å²) in [6.45, 7) is 4.57. The molecule has 0 amide bonds. The molecule has 2 N–H and O–H groups in total. The molecule has 2 aliphatic heterocycles. The Morgan fingerprint density at radius 2 is 1.71 bits per heavy atom. The van der Waals surface area contributed by atoms with E-state index in [1.807, 2.05) is 0 Å². The van der Waals surface area contributed by atoms with Crippen LogP contribution in [-0.2, 0) is 0 Å². The van der Waals surface area contributed by atoms with Crippen molar-refractivity contribution in [2.75, 3.05) is 33.2 Å². The first-order valence-electron chi connectivity index (χ1n) is 4.75. The molecule has 0 saturated carbocycles. The summed E-state index contributed by atoms with van der Waals surface area (Å²) < 4.78 is 0. The van der Waals surface area contributed by atoms with Crippen molar-refractivity contribution in [3.05, 3.63) is 11.4 Å². The Morgan fingerprint density at radius 3 is 2.21 bits per heavy atom. The van der Waals surface area contributed by atoms with Crippen LogP contribution in [0.2, 0.25) is 0 Å². The second-order valence-corrected chi connectivity index (χ2v) is 3.55. The van der Waals surface area contributed by atoms with Crippen LogP contribution < -0.4 is 10.6 Å². The Morgan fingerprint density at radius 1 is 1.07 bits per heavy atom. The lowest BCUT2D eigenvalue weighted by Gasteiger charge is -2.21. The Balaban J connectivity index is 0.000000845. The average molecular weight is 240 g/mol. The van der Waals surface area contributed by atoms with Crippen molar-refractivity contribution in [3.63, 3.8) is 0 Å². The fourth-order valence-electron chi connectivity index (χ4n) is 1.95. The van der Waals surface area contributed by atoms with Crippen molar-refractivity contribution in [3.8, 4) is 0 Å². The zero-order valence-electron chi connectivity index (χ0n) is 8.51. The van der Waals surface area contributed by atoms with Crippen LogP contribution in [0.4, 0.5) is 0 Å². The first-order chi connectivity index (χ1) is 5.88. The van der Waals surface area contributed by atoms with Crippen LogP contribution in [0.1, 0.15) is 12.8 Å². The van der Waals surface area contributed by atoms with E-state index >= 15 is 0 Å². The van der Waals surface area contributed by atoms with E-state index < -0.39 is 0 Å². The van der Waals surface area contributed by atoms with Crippen LogP contribution in [0.15, 0.2) is 11.4 Å². The molecule has 0 unspecified atom stereocenters. The second-order valence-electron chi connectivity index (χ2n) is 3.55. The highest BCUT2D eigenvalue weighted by molar-refractivity contribution is 5.85. The lowest BCUT2D eigenvalue weighted by molar-refractivity contribution is 0.464. The molecule has 0 aliphatic carbocycles. The first kappa shape index (κ1) is 13.9. The van der Waals surface area contributed by atoms with Crippen LogP contribution in [0.3, 0.4) is 0 Å². The molecule has 0 aromatic heterocycles. The van der Waals surface area contributed by atoms with E-state index in [0.29, 0.717) is 0 Å². The average Bonchev–Trinajstić information content (AvgIpc) is 2.53. The van der Waals surface area contributed by atoms with Gasteiger partial charge in [-0.1, -0.05) is 0 Å². The van der Waals surface area contributed by atoms with Gasteiger partial charge in [0.1, 0.15) is 5.82 Å². The molecule has 2 rings (SSSR count). The molecule has 0 spiro atoms. The summed E-state index contributed by atoms with van der Waals surface area (Å²) in [7, 11) is 2.17. The van der Waals surface area contributed by atoms with E-state index in [4.69, 9.17) is 0 Å². The predicted molar refractivity (Wildman–Crippen MR) is 64.3 cm³/mol. The molecule has 2 saturated heterocycles. The van der Waals surface area contributed by atoms with Gasteiger partial charge in [0.2, 0.25) is 0 Å². The van der Waals surface area contributed by atoms with Crippen molar-refractivity contribution >= 4 is 24.8 Å². The maximum atomic E-state index is 3.45. The number of hydrogen-bond donors (Lipinski definition) is 2. The Hall–Kier alpha value is -0.120. The maximum Gasteiger partial charge on any atom is 0.100 e. The molecule has 0 radical (unpaired) electrons. The molecule has 84 valence electrons. The van der Waals surface area contributed by atoms with Crippen LogP contribution in [0.25, 0.3) is 0 Å². The zero-order valence-corrected chi connectivity index (χ0v) is 10.1. The fourth-order valence-corrected chi connectivity index (χ4v) is 1.95. The second kappa shape index (κ2) is 6.38. The lowest BCUT2D eigenvalue weighted by Crippen LogP contribution is -2.27. The zero-order chi connectivity index (χ0) is 8.39. The summed E-state index contributed by atoms with van der Waals surface area (Å²) in [6, 6.07) is 0. The van der Waals surface area contributed by atoms with Gasteiger partial charge in [0.05, 0.1) is 0 Å². The van der Waals surface area contributed by atoms with Crippen molar-refractivity contribution in [2.24, 2.45) is 0 Å².